The summed E-state index contributed by atoms with van der Waals surface area (Å²) in [5.74, 6) is -0.704. The monoisotopic (exact) mass is 311 g/mol. The Kier molecular flexibility index (Phi) is 3.57. The predicted octanol–water partition coefficient (Wildman–Crippen LogP) is 3.15. The van der Waals surface area contributed by atoms with Crippen LogP contribution in [0.3, 0.4) is 0 Å². The highest BCUT2D eigenvalue weighted by molar-refractivity contribution is 5.97. The Morgan fingerprint density at radius 3 is 2.43 bits per heavy atom. The quantitative estimate of drug-likeness (QED) is 0.679. The molecule has 0 spiro atoms. The second-order valence-electron chi connectivity index (χ2n) is 5.12. The van der Waals surface area contributed by atoms with Crippen molar-refractivity contribution < 1.29 is 18.7 Å². The van der Waals surface area contributed by atoms with Gasteiger partial charge in [-0.25, -0.2) is 9.59 Å². The van der Waals surface area contributed by atoms with Gasteiger partial charge in [-0.05, 0) is 44.2 Å². The summed E-state index contributed by atoms with van der Waals surface area (Å²) in [5.41, 5.74) is 1.82. The molecule has 0 fully saturated rings. The van der Waals surface area contributed by atoms with Gasteiger partial charge in [-0.2, -0.15) is 4.57 Å². The first-order chi connectivity index (χ1) is 11.0. The van der Waals surface area contributed by atoms with E-state index in [9.17, 15) is 14.4 Å². The van der Waals surface area contributed by atoms with Crippen molar-refractivity contribution in [2.75, 3.05) is 0 Å². The zero-order valence-electron chi connectivity index (χ0n) is 12.5. The third-order valence-electron chi connectivity index (χ3n) is 3.40. The zero-order valence-corrected chi connectivity index (χ0v) is 12.5. The van der Waals surface area contributed by atoms with Gasteiger partial charge in [-0.3, -0.25) is 4.79 Å². The van der Waals surface area contributed by atoms with Gasteiger partial charge in [0, 0.05) is 5.56 Å². The molecule has 6 heteroatoms. The average Bonchev–Trinajstić information content (AvgIpc) is 2.84. The number of benzene rings is 2. The number of aryl methyl sites for hydroxylation is 1. The van der Waals surface area contributed by atoms with E-state index in [-0.39, 0.29) is 16.9 Å². The lowest BCUT2D eigenvalue weighted by atomic mass is 10.1. The summed E-state index contributed by atoms with van der Waals surface area (Å²) in [7, 11) is 0. The number of hydrogen-bond acceptors (Lipinski definition) is 5. The molecule has 0 unspecified atom stereocenters. The Bertz CT molecular complexity index is 963. The van der Waals surface area contributed by atoms with Crippen molar-refractivity contribution in [2.45, 2.75) is 13.8 Å². The lowest BCUT2D eigenvalue weighted by molar-refractivity contribution is 0.101. The SMILES string of the molecule is CC(=O)c1ccc2c(c1)oc(=O)n2C(=O)Oc1ccc(C)cc1. The molecular weight excluding hydrogens is 298 g/mol. The van der Waals surface area contributed by atoms with Gasteiger partial charge in [0.25, 0.3) is 0 Å². The van der Waals surface area contributed by atoms with Crippen molar-refractivity contribution in [3.63, 3.8) is 0 Å². The van der Waals surface area contributed by atoms with Crippen LogP contribution < -0.4 is 10.5 Å². The normalized spacial score (nSPS) is 10.7. The van der Waals surface area contributed by atoms with Crippen molar-refractivity contribution in [1.82, 2.24) is 4.57 Å². The molecule has 0 aliphatic heterocycles. The Morgan fingerprint density at radius 2 is 1.78 bits per heavy atom. The number of rotatable bonds is 2. The van der Waals surface area contributed by atoms with Crippen molar-refractivity contribution in [3.05, 3.63) is 64.1 Å². The van der Waals surface area contributed by atoms with Crippen molar-refractivity contribution >= 4 is 23.0 Å². The van der Waals surface area contributed by atoms with E-state index in [1.165, 1.54) is 25.1 Å². The van der Waals surface area contributed by atoms with E-state index >= 15 is 0 Å². The Morgan fingerprint density at radius 1 is 1.09 bits per heavy atom. The molecule has 2 aromatic carbocycles. The second kappa shape index (κ2) is 5.57. The number of hydrogen-bond donors (Lipinski definition) is 0. The second-order valence-corrected chi connectivity index (χ2v) is 5.12. The van der Waals surface area contributed by atoms with Gasteiger partial charge in [-0.15, -0.1) is 0 Å². The Balaban J connectivity index is 2.00. The molecule has 116 valence electrons. The van der Waals surface area contributed by atoms with E-state index in [1.807, 2.05) is 6.92 Å². The lowest BCUT2D eigenvalue weighted by Gasteiger charge is -2.04. The maximum atomic E-state index is 12.2. The van der Waals surface area contributed by atoms with E-state index in [1.54, 1.807) is 24.3 Å². The highest BCUT2D eigenvalue weighted by Gasteiger charge is 2.18. The molecule has 0 saturated heterocycles. The van der Waals surface area contributed by atoms with Gasteiger partial charge in [0.2, 0.25) is 0 Å². The summed E-state index contributed by atoms with van der Waals surface area (Å²) < 4.78 is 11.0. The van der Waals surface area contributed by atoms with E-state index < -0.39 is 11.8 Å². The number of carbonyl (C=O) groups excluding carboxylic acids is 2. The number of oxazole rings is 1. The number of ketones is 1. The first-order valence-electron chi connectivity index (χ1n) is 6.91. The van der Waals surface area contributed by atoms with Crippen LogP contribution >= 0.6 is 0 Å². The fourth-order valence-corrected chi connectivity index (χ4v) is 2.16. The number of ether oxygens (including phenoxy) is 1. The van der Waals surface area contributed by atoms with Gasteiger partial charge >= 0.3 is 11.8 Å². The summed E-state index contributed by atoms with van der Waals surface area (Å²) in [6.45, 7) is 3.31. The van der Waals surface area contributed by atoms with E-state index in [0.29, 0.717) is 11.3 Å². The Labute approximate surface area is 130 Å². The number of fused-ring (bicyclic) bond motifs is 1. The molecule has 0 aliphatic carbocycles. The van der Waals surface area contributed by atoms with Gasteiger partial charge in [-0.1, -0.05) is 17.7 Å². The molecule has 3 rings (SSSR count). The molecule has 1 heterocycles. The summed E-state index contributed by atoms with van der Waals surface area (Å²) in [5, 5.41) is 0. The number of carbonyl (C=O) groups is 2. The average molecular weight is 311 g/mol. The van der Waals surface area contributed by atoms with Crippen LogP contribution in [0.2, 0.25) is 0 Å². The molecule has 0 bridgehead atoms. The highest BCUT2D eigenvalue weighted by Crippen LogP contribution is 2.17. The van der Waals surface area contributed by atoms with Crippen LogP contribution in [0.25, 0.3) is 11.1 Å². The molecule has 0 aliphatic rings. The molecule has 1 aromatic heterocycles. The number of nitrogens with zero attached hydrogens (tertiary/aromatic N) is 1. The van der Waals surface area contributed by atoms with E-state index in [2.05, 4.69) is 0 Å². The van der Waals surface area contributed by atoms with Crippen LogP contribution in [0.5, 0.6) is 5.75 Å². The number of Topliss-reactive ketones (excluding diaryl/α,β-unsaturated/α-hetero) is 1. The molecule has 0 saturated carbocycles. The van der Waals surface area contributed by atoms with Crippen LogP contribution in [-0.4, -0.2) is 16.4 Å². The topological polar surface area (TPSA) is 78.5 Å². The highest BCUT2D eigenvalue weighted by atomic mass is 16.6. The van der Waals surface area contributed by atoms with Crippen LogP contribution in [0.15, 0.2) is 51.7 Å². The molecule has 0 radical (unpaired) electrons. The minimum atomic E-state index is -0.867. The molecule has 0 atom stereocenters. The van der Waals surface area contributed by atoms with Crippen molar-refractivity contribution in [3.8, 4) is 5.75 Å². The molecule has 23 heavy (non-hydrogen) atoms. The summed E-state index contributed by atoms with van der Waals surface area (Å²) in [6, 6.07) is 11.3. The third kappa shape index (κ3) is 2.78. The van der Waals surface area contributed by atoms with Crippen molar-refractivity contribution in [2.24, 2.45) is 0 Å². The standard InChI is InChI=1S/C17H13NO5/c1-10-3-6-13(7-4-10)22-16(20)18-14-8-5-12(11(2)19)9-15(14)23-17(18)21/h3-9H,1-2H3. The Hall–Kier alpha value is -3.15. The van der Waals surface area contributed by atoms with E-state index in [0.717, 1.165) is 10.1 Å². The van der Waals surface area contributed by atoms with Crippen LogP contribution in [0, 0.1) is 6.92 Å². The van der Waals surface area contributed by atoms with Gasteiger partial charge in [0.1, 0.15) is 11.3 Å². The van der Waals surface area contributed by atoms with Crippen LogP contribution in [0.4, 0.5) is 4.79 Å². The minimum Gasteiger partial charge on any atom is -0.410 e. The summed E-state index contributed by atoms with van der Waals surface area (Å²) in [4.78, 5) is 35.5. The molecular formula is C17H13NO5. The predicted molar refractivity (Wildman–Crippen MR) is 83.1 cm³/mol. The summed E-state index contributed by atoms with van der Waals surface area (Å²) in [6.07, 6.45) is -0.867. The fraction of sp³-hybridized carbons (Fsp3) is 0.118. The number of aromatic nitrogens is 1. The van der Waals surface area contributed by atoms with E-state index in [4.69, 9.17) is 9.15 Å². The summed E-state index contributed by atoms with van der Waals surface area (Å²) >= 11 is 0. The van der Waals surface area contributed by atoms with Crippen LogP contribution in [-0.2, 0) is 0 Å². The maximum Gasteiger partial charge on any atom is 0.429 e. The first-order valence-corrected chi connectivity index (χ1v) is 6.91. The van der Waals surface area contributed by atoms with Gasteiger partial charge in [0.15, 0.2) is 11.4 Å². The molecule has 0 amide bonds. The molecule has 6 nitrogen and oxygen atoms in total. The first kappa shape index (κ1) is 14.8. The molecule has 0 N–H and O–H groups in total. The minimum absolute atomic E-state index is 0.156. The third-order valence-corrected chi connectivity index (χ3v) is 3.40. The van der Waals surface area contributed by atoms with Gasteiger partial charge < -0.3 is 9.15 Å². The lowest BCUT2D eigenvalue weighted by Crippen LogP contribution is -2.26. The molecule has 3 aromatic rings. The van der Waals surface area contributed by atoms with Crippen LogP contribution in [0.1, 0.15) is 22.8 Å². The smallest absolute Gasteiger partial charge is 0.410 e. The largest absolute Gasteiger partial charge is 0.429 e. The maximum absolute atomic E-state index is 12.2. The van der Waals surface area contributed by atoms with Crippen molar-refractivity contribution in [1.29, 1.82) is 0 Å². The fourth-order valence-electron chi connectivity index (χ4n) is 2.16. The van der Waals surface area contributed by atoms with Gasteiger partial charge in [0.05, 0.1) is 0 Å². The zero-order chi connectivity index (χ0) is 16.6.